The normalized spacial score (nSPS) is 10.9. The Balaban J connectivity index is 2.67. The van der Waals surface area contributed by atoms with Crippen LogP contribution in [0.2, 0.25) is 0 Å². The molecule has 0 aliphatic heterocycles. The van der Waals surface area contributed by atoms with Gasteiger partial charge in [-0.15, -0.1) is 0 Å². The Morgan fingerprint density at radius 3 is 2.60 bits per heavy atom. The third-order valence-electron chi connectivity index (χ3n) is 2.21. The van der Waals surface area contributed by atoms with Crippen molar-refractivity contribution in [2.24, 2.45) is 4.99 Å². The Hall–Kier alpha value is -1.75. The first-order valence-corrected chi connectivity index (χ1v) is 5.05. The van der Waals surface area contributed by atoms with E-state index in [1.807, 2.05) is 25.2 Å². The van der Waals surface area contributed by atoms with Crippen LogP contribution in [0.5, 0.6) is 0 Å². The summed E-state index contributed by atoms with van der Waals surface area (Å²) in [6.45, 7) is 2.90. The highest BCUT2D eigenvalue weighted by Crippen LogP contribution is 2.04. The molecule has 0 aliphatic carbocycles. The highest BCUT2D eigenvalue weighted by molar-refractivity contribution is 5.82. The number of amidine groups is 1. The first-order valence-electron chi connectivity index (χ1n) is 5.05. The minimum Gasteiger partial charge on any atom is -0.358 e. The summed E-state index contributed by atoms with van der Waals surface area (Å²) in [5.74, 6) is 0.946. The molecular formula is C13H16N2. The van der Waals surface area contributed by atoms with E-state index in [9.17, 15) is 0 Å². The monoisotopic (exact) mass is 200 g/mol. The number of rotatable bonds is 3. The molecular weight excluding hydrogens is 184 g/mol. The Kier molecular flexibility index (Phi) is 4.43. The SMILES string of the molecule is C#CN=C(CC)N(C)Cc1ccccc1. The van der Waals surface area contributed by atoms with Crippen LogP contribution >= 0.6 is 0 Å². The average Bonchev–Trinajstić information content (AvgIpc) is 2.27. The lowest BCUT2D eigenvalue weighted by Crippen LogP contribution is -2.25. The van der Waals surface area contributed by atoms with E-state index in [0.29, 0.717) is 0 Å². The van der Waals surface area contributed by atoms with E-state index in [2.05, 4.69) is 35.0 Å². The molecule has 78 valence electrons. The standard InChI is InChI=1S/C13H16N2/c1-4-13(14-5-2)15(3)11-12-9-7-6-8-10-12/h2,6-10H,4,11H2,1,3H3. The fourth-order valence-corrected chi connectivity index (χ4v) is 1.46. The van der Waals surface area contributed by atoms with Crippen LogP contribution in [0, 0.1) is 12.5 Å². The third kappa shape index (κ3) is 3.47. The van der Waals surface area contributed by atoms with E-state index in [-0.39, 0.29) is 0 Å². The molecule has 0 spiro atoms. The highest BCUT2D eigenvalue weighted by atomic mass is 15.2. The van der Waals surface area contributed by atoms with Gasteiger partial charge in [-0.25, -0.2) is 0 Å². The quantitative estimate of drug-likeness (QED) is 0.416. The molecule has 1 aromatic rings. The molecule has 0 fully saturated rings. The molecule has 0 saturated carbocycles. The molecule has 0 aliphatic rings. The predicted octanol–water partition coefficient (Wildman–Crippen LogP) is 2.52. The van der Waals surface area contributed by atoms with Gasteiger partial charge >= 0.3 is 0 Å². The molecule has 0 unspecified atom stereocenters. The zero-order valence-corrected chi connectivity index (χ0v) is 9.27. The molecule has 0 aromatic heterocycles. The highest BCUT2D eigenvalue weighted by Gasteiger charge is 2.03. The van der Waals surface area contributed by atoms with Crippen molar-refractivity contribution in [3.63, 3.8) is 0 Å². The average molecular weight is 200 g/mol. The molecule has 0 bridgehead atoms. The Bertz CT molecular complexity index is 360. The van der Waals surface area contributed by atoms with Gasteiger partial charge in [0.2, 0.25) is 0 Å². The maximum Gasteiger partial charge on any atom is 0.115 e. The first kappa shape index (κ1) is 11.3. The molecule has 1 aromatic carbocycles. The maximum absolute atomic E-state index is 5.17. The molecule has 15 heavy (non-hydrogen) atoms. The second-order valence-electron chi connectivity index (χ2n) is 3.35. The second-order valence-corrected chi connectivity index (χ2v) is 3.35. The number of terminal acetylenes is 1. The molecule has 0 heterocycles. The summed E-state index contributed by atoms with van der Waals surface area (Å²) in [6.07, 6.45) is 6.03. The summed E-state index contributed by atoms with van der Waals surface area (Å²) in [4.78, 5) is 6.09. The van der Waals surface area contributed by atoms with Crippen LogP contribution in [0.4, 0.5) is 0 Å². The van der Waals surface area contributed by atoms with Crippen LogP contribution < -0.4 is 0 Å². The van der Waals surface area contributed by atoms with Gasteiger partial charge in [0.1, 0.15) is 5.84 Å². The molecule has 0 N–H and O–H groups in total. The summed E-state index contributed by atoms with van der Waals surface area (Å²) in [5.41, 5.74) is 1.26. The van der Waals surface area contributed by atoms with Crippen LogP contribution in [0.1, 0.15) is 18.9 Å². The number of hydrogen-bond donors (Lipinski definition) is 0. The van der Waals surface area contributed by atoms with Gasteiger partial charge in [-0.05, 0) is 5.56 Å². The van der Waals surface area contributed by atoms with Crippen molar-refractivity contribution >= 4 is 5.84 Å². The topological polar surface area (TPSA) is 15.6 Å². The zero-order chi connectivity index (χ0) is 11.1. The van der Waals surface area contributed by atoms with Crippen LogP contribution in [0.25, 0.3) is 0 Å². The van der Waals surface area contributed by atoms with E-state index in [1.54, 1.807) is 0 Å². The van der Waals surface area contributed by atoms with Crippen molar-refractivity contribution in [3.05, 3.63) is 35.9 Å². The molecule has 0 radical (unpaired) electrons. The van der Waals surface area contributed by atoms with Gasteiger partial charge < -0.3 is 4.90 Å². The lowest BCUT2D eigenvalue weighted by molar-refractivity contribution is 0.491. The van der Waals surface area contributed by atoms with Crippen molar-refractivity contribution in [2.45, 2.75) is 19.9 Å². The Morgan fingerprint density at radius 2 is 2.07 bits per heavy atom. The minimum absolute atomic E-state index is 0.842. The summed E-state index contributed by atoms with van der Waals surface area (Å²) in [6, 6.07) is 12.6. The fourth-order valence-electron chi connectivity index (χ4n) is 1.46. The van der Waals surface area contributed by atoms with Crippen LogP contribution in [-0.2, 0) is 6.54 Å². The van der Waals surface area contributed by atoms with Crippen molar-refractivity contribution in [2.75, 3.05) is 7.05 Å². The maximum atomic E-state index is 5.17. The molecule has 1 rings (SSSR count). The predicted molar refractivity (Wildman–Crippen MR) is 64.5 cm³/mol. The van der Waals surface area contributed by atoms with E-state index < -0.39 is 0 Å². The van der Waals surface area contributed by atoms with E-state index in [0.717, 1.165) is 18.8 Å². The minimum atomic E-state index is 0.842. The van der Waals surface area contributed by atoms with E-state index in [4.69, 9.17) is 6.42 Å². The summed E-state index contributed by atoms with van der Waals surface area (Å²) < 4.78 is 0. The van der Waals surface area contributed by atoms with Gasteiger partial charge in [0.05, 0.1) is 0 Å². The third-order valence-corrected chi connectivity index (χ3v) is 2.21. The molecule has 2 nitrogen and oxygen atoms in total. The van der Waals surface area contributed by atoms with Crippen LogP contribution in [0.15, 0.2) is 35.3 Å². The van der Waals surface area contributed by atoms with Gasteiger partial charge in [-0.2, -0.15) is 4.99 Å². The Morgan fingerprint density at radius 1 is 1.40 bits per heavy atom. The number of nitrogens with zero attached hydrogens (tertiary/aromatic N) is 2. The fraction of sp³-hybridized carbons (Fsp3) is 0.308. The molecule has 0 atom stereocenters. The number of hydrogen-bond acceptors (Lipinski definition) is 1. The van der Waals surface area contributed by atoms with Crippen LogP contribution in [0.3, 0.4) is 0 Å². The van der Waals surface area contributed by atoms with Gasteiger partial charge in [0.25, 0.3) is 0 Å². The molecule has 2 heteroatoms. The molecule has 0 amide bonds. The van der Waals surface area contributed by atoms with Crippen molar-refractivity contribution < 1.29 is 0 Å². The lowest BCUT2D eigenvalue weighted by atomic mass is 10.2. The zero-order valence-electron chi connectivity index (χ0n) is 9.27. The summed E-state index contributed by atoms with van der Waals surface area (Å²) in [7, 11) is 2.01. The van der Waals surface area contributed by atoms with E-state index in [1.165, 1.54) is 5.56 Å². The van der Waals surface area contributed by atoms with Crippen molar-refractivity contribution in [1.29, 1.82) is 0 Å². The van der Waals surface area contributed by atoms with Gasteiger partial charge in [-0.1, -0.05) is 43.7 Å². The Labute approximate surface area is 91.6 Å². The van der Waals surface area contributed by atoms with Gasteiger partial charge in [0.15, 0.2) is 0 Å². The van der Waals surface area contributed by atoms with E-state index >= 15 is 0 Å². The van der Waals surface area contributed by atoms with Gasteiger partial charge in [0, 0.05) is 26.1 Å². The summed E-state index contributed by atoms with van der Waals surface area (Å²) >= 11 is 0. The van der Waals surface area contributed by atoms with Crippen LogP contribution in [-0.4, -0.2) is 17.8 Å². The number of aliphatic imine (C=N–C) groups is 1. The molecule has 0 saturated heterocycles. The lowest BCUT2D eigenvalue weighted by Gasteiger charge is -2.19. The smallest absolute Gasteiger partial charge is 0.115 e. The van der Waals surface area contributed by atoms with Crippen molar-refractivity contribution in [3.8, 4) is 12.5 Å². The number of benzene rings is 1. The largest absolute Gasteiger partial charge is 0.358 e. The second kappa shape index (κ2) is 5.87. The first-order chi connectivity index (χ1) is 7.27. The summed E-state index contributed by atoms with van der Waals surface area (Å²) in [5, 5.41) is 0. The van der Waals surface area contributed by atoms with Gasteiger partial charge in [-0.3, -0.25) is 0 Å². The van der Waals surface area contributed by atoms with Crippen molar-refractivity contribution in [1.82, 2.24) is 4.90 Å².